The summed E-state index contributed by atoms with van der Waals surface area (Å²) in [6.45, 7) is 2.78. The highest BCUT2D eigenvalue weighted by Gasteiger charge is 2.20. The lowest BCUT2D eigenvalue weighted by molar-refractivity contribution is -0.115. The van der Waals surface area contributed by atoms with Crippen LogP contribution in [0.25, 0.3) is 11.3 Å². The number of hydrogen-bond donors (Lipinski definition) is 3. The molecule has 0 radical (unpaired) electrons. The van der Waals surface area contributed by atoms with E-state index in [1.54, 1.807) is 31.2 Å². The fraction of sp³-hybridized carbons (Fsp3) is 0.212. The normalized spacial score (nSPS) is 13.8. The average molecular weight is 599 g/mol. The van der Waals surface area contributed by atoms with Crippen molar-refractivity contribution in [2.45, 2.75) is 32.5 Å². The number of carboxylic acid groups (broad SMARTS) is 1. The highest BCUT2D eigenvalue weighted by Crippen LogP contribution is 2.28. The molecule has 224 valence electrons. The van der Waals surface area contributed by atoms with Crippen molar-refractivity contribution in [3.63, 3.8) is 0 Å². The minimum atomic E-state index is -1.10. The summed E-state index contributed by atoms with van der Waals surface area (Å²) in [6, 6.07) is 18.1. The summed E-state index contributed by atoms with van der Waals surface area (Å²) in [7, 11) is 0. The van der Waals surface area contributed by atoms with Crippen molar-refractivity contribution in [2.75, 3.05) is 23.8 Å². The molecule has 3 aromatic carbocycles. The van der Waals surface area contributed by atoms with Gasteiger partial charge in [0.05, 0.1) is 46.8 Å². The zero-order valence-corrected chi connectivity index (χ0v) is 23.7. The van der Waals surface area contributed by atoms with Gasteiger partial charge in [-0.1, -0.05) is 18.2 Å². The summed E-state index contributed by atoms with van der Waals surface area (Å²) in [5, 5.41) is 24.2. The summed E-state index contributed by atoms with van der Waals surface area (Å²) >= 11 is 0. The van der Waals surface area contributed by atoms with E-state index in [0.717, 1.165) is 12.5 Å². The maximum absolute atomic E-state index is 15.3. The fourth-order valence-corrected chi connectivity index (χ4v) is 4.65. The van der Waals surface area contributed by atoms with Crippen molar-refractivity contribution < 1.29 is 33.0 Å². The van der Waals surface area contributed by atoms with Gasteiger partial charge in [0.15, 0.2) is 0 Å². The number of anilines is 2. The van der Waals surface area contributed by atoms with Crippen molar-refractivity contribution in [2.24, 2.45) is 0 Å². The van der Waals surface area contributed by atoms with E-state index in [1.807, 2.05) is 6.07 Å². The van der Waals surface area contributed by atoms with Gasteiger partial charge in [-0.05, 0) is 66.9 Å². The lowest BCUT2D eigenvalue weighted by Gasteiger charge is -2.27. The number of carboxylic acids is 1. The monoisotopic (exact) mass is 598 g/mol. The Balaban J connectivity index is 1.27. The van der Waals surface area contributed by atoms with Crippen LogP contribution in [0, 0.1) is 29.9 Å². The first-order valence-electron chi connectivity index (χ1n) is 13.8. The molecule has 1 aliphatic heterocycles. The molecule has 1 amide bonds. The molecule has 0 saturated carbocycles. The van der Waals surface area contributed by atoms with Crippen LogP contribution >= 0.6 is 0 Å². The van der Waals surface area contributed by atoms with E-state index in [0.29, 0.717) is 41.3 Å². The Kier molecular flexibility index (Phi) is 9.12. The molecular weight excluding hydrogens is 570 g/mol. The molecule has 11 heteroatoms. The molecule has 0 bridgehead atoms. The van der Waals surface area contributed by atoms with E-state index < -0.39 is 23.5 Å². The first-order chi connectivity index (χ1) is 21.2. The molecule has 5 rings (SSSR count). The van der Waals surface area contributed by atoms with Gasteiger partial charge in [-0.2, -0.15) is 5.26 Å². The average Bonchev–Trinajstić information content (AvgIpc) is 2.98. The molecule has 0 spiro atoms. The first kappa shape index (κ1) is 30.1. The third kappa shape index (κ3) is 7.17. The number of ether oxygens (including phenoxy) is 2. The molecule has 0 unspecified atom stereocenters. The predicted octanol–water partition coefficient (Wildman–Crippen LogP) is 5.87. The van der Waals surface area contributed by atoms with Crippen molar-refractivity contribution in [1.82, 2.24) is 4.98 Å². The van der Waals surface area contributed by atoms with Gasteiger partial charge < -0.3 is 25.2 Å². The van der Waals surface area contributed by atoms with E-state index >= 15 is 4.39 Å². The summed E-state index contributed by atoms with van der Waals surface area (Å²) in [5.41, 5.74) is 3.09. The number of carbonyl (C=O) groups excluding carboxylic acids is 1. The van der Waals surface area contributed by atoms with Gasteiger partial charge in [0.25, 0.3) is 0 Å². The highest BCUT2D eigenvalue weighted by atomic mass is 19.1. The number of halogens is 2. The van der Waals surface area contributed by atoms with Gasteiger partial charge >= 0.3 is 5.97 Å². The summed E-state index contributed by atoms with van der Waals surface area (Å²) < 4.78 is 40.6. The molecule has 1 aliphatic rings. The molecule has 3 N–H and O–H groups in total. The number of nitrogens with one attached hydrogen (secondary N) is 2. The number of amides is 1. The number of hydrogen-bond acceptors (Lipinski definition) is 7. The molecule has 0 aliphatic carbocycles. The van der Waals surface area contributed by atoms with Crippen LogP contribution in [0.2, 0.25) is 0 Å². The van der Waals surface area contributed by atoms with Crippen LogP contribution in [0.4, 0.5) is 20.2 Å². The number of nitriles is 1. The minimum absolute atomic E-state index is 0.00918. The number of pyridine rings is 1. The van der Waals surface area contributed by atoms with Crippen LogP contribution in [0.1, 0.15) is 39.0 Å². The van der Waals surface area contributed by atoms with Crippen LogP contribution in [0.15, 0.2) is 66.7 Å². The third-order valence-corrected chi connectivity index (χ3v) is 7.16. The Hall–Kier alpha value is -5.34. The number of aryl methyl sites for hydroxylation is 1. The van der Waals surface area contributed by atoms with E-state index in [9.17, 15) is 19.1 Å². The largest absolute Gasteiger partial charge is 0.478 e. The number of benzene rings is 3. The second-order valence-electron chi connectivity index (χ2n) is 10.3. The molecular formula is C33H28F2N4O5. The maximum Gasteiger partial charge on any atom is 0.335 e. The van der Waals surface area contributed by atoms with Crippen molar-refractivity contribution in [3.8, 4) is 23.2 Å². The molecule has 1 aromatic heterocycles. The fourth-order valence-electron chi connectivity index (χ4n) is 4.65. The number of aromatic carboxylic acids is 1. The molecule has 1 atom stereocenters. The zero-order chi connectivity index (χ0) is 31.2. The minimum Gasteiger partial charge on any atom is -0.478 e. The lowest BCUT2D eigenvalue weighted by Crippen LogP contribution is -2.33. The van der Waals surface area contributed by atoms with Gasteiger partial charge in [-0.25, -0.2) is 18.6 Å². The van der Waals surface area contributed by atoms with Crippen LogP contribution in [-0.2, 0) is 22.6 Å². The maximum atomic E-state index is 15.3. The van der Waals surface area contributed by atoms with Gasteiger partial charge in [-0.15, -0.1) is 0 Å². The van der Waals surface area contributed by atoms with Crippen molar-refractivity contribution >= 4 is 23.3 Å². The van der Waals surface area contributed by atoms with Gasteiger partial charge in [0.2, 0.25) is 11.8 Å². The second kappa shape index (κ2) is 13.3. The lowest BCUT2D eigenvalue weighted by atomic mass is 9.99. The molecule has 4 aromatic rings. The third-order valence-electron chi connectivity index (χ3n) is 7.16. The predicted molar refractivity (Wildman–Crippen MR) is 158 cm³/mol. The first-order valence-corrected chi connectivity index (χ1v) is 13.8. The number of aromatic nitrogens is 1. The van der Waals surface area contributed by atoms with Crippen LogP contribution in [-0.4, -0.2) is 41.2 Å². The number of carbonyl (C=O) groups is 2. The van der Waals surface area contributed by atoms with Crippen LogP contribution in [0.3, 0.4) is 0 Å². The zero-order valence-electron chi connectivity index (χ0n) is 23.7. The van der Waals surface area contributed by atoms with Gasteiger partial charge in [0, 0.05) is 30.3 Å². The summed E-state index contributed by atoms with van der Waals surface area (Å²) in [6.07, 6.45) is 0.633. The molecule has 1 fully saturated rings. The Bertz CT molecular complexity index is 1770. The quantitative estimate of drug-likeness (QED) is 0.195. The van der Waals surface area contributed by atoms with E-state index in [2.05, 4.69) is 15.6 Å². The summed E-state index contributed by atoms with van der Waals surface area (Å²) in [4.78, 5) is 28.8. The second-order valence-corrected chi connectivity index (χ2v) is 10.3. The highest BCUT2D eigenvalue weighted by molar-refractivity contribution is 5.97. The Labute approximate surface area is 252 Å². The van der Waals surface area contributed by atoms with Crippen LogP contribution < -0.4 is 15.4 Å². The topological polar surface area (TPSA) is 134 Å². The van der Waals surface area contributed by atoms with Gasteiger partial charge in [-0.3, -0.25) is 4.79 Å². The van der Waals surface area contributed by atoms with Gasteiger partial charge in [0.1, 0.15) is 18.2 Å². The Morgan fingerprint density at radius 1 is 1.07 bits per heavy atom. The van der Waals surface area contributed by atoms with Crippen molar-refractivity contribution in [1.29, 1.82) is 5.26 Å². The standard InChI is InChI=1S/C33H28F2N4O5/c1-19-11-23(14-31(40)38-29-8-7-21(33(41)42)13-30(29)37-17-24-9-10-43-24)27(35)15-25(19)28-3-2-4-32(39-28)44-18-22-6-5-20(16-36)12-26(22)34/h2-8,11-13,15,24,37H,9-10,14,17-18H2,1H3,(H,38,40)(H,41,42)/t24-/m0/s1. The van der Waals surface area contributed by atoms with Crippen LogP contribution in [0.5, 0.6) is 5.88 Å². The van der Waals surface area contributed by atoms with E-state index in [4.69, 9.17) is 14.7 Å². The molecule has 9 nitrogen and oxygen atoms in total. The van der Waals surface area contributed by atoms with E-state index in [1.165, 1.54) is 36.4 Å². The number of rotatable bonds is 11. The molecule has 44 heavy (non-hydrogen) atoms. The summed E-state index contributed by atoms with van der Waals surface area (Å²) in [5.74, 6) is -2.54. The Morgan fingerprint density at radius 3 is 2.57 bits per heavy atom. The smallest absolute Gasteiger partial charge is 0.335 e. The van der Waals surface area contributed by atoms with Crippen molar-refractivity contribution in [3.05, 3.63) is 106 Å². The molecule has 2 heterocycles. The van der Waals surface area contributed by atoms with E-state index in [-0.39, 0.29) is 47.3 Å². The molecule has 1 saturated heterocycles. The SMILES string of the molecule is Cc1cc(CC(=O)Nc2ccc(C(=O)O)cc2NC[C@@H]2CCO2)c(F)cc1-c1cccc(OCc2ccc(C#N)cc2F)n1. The Morgan fingerprint density at radius 2 is 1.86 bits per heavy atom. The number of nitrogens with zero attached hydrogens (tertiary/aromatic N) is 2.